The Kier molecular flexibility index (Phi) is 1.90. The first kappa shape index (κ1) is 8.74. The molecule has 2 bridgehead atoms. The highest BCUT2D eigenvalue weighted by Crippen LogP contribution is 2.50. The van der Waals surface area contributed by atoms with Crippen LogP contribution in [0.3, 0.4) is 0 Å². The second kappa shape index (κ2) is 2.83. The monoisotopic (exact) mass is 176 g/mol. The lowest BCUT2D eigenvalue weighted by molar-refractivity contribution is -0.122. The van der Waals surface area contributed by atoms with Crippen LogP contribution in [0.25, 0.3) is 0 Å². The zero-order valence-electron chi connectivity index (χ0n) is 8.29. The summed E-state index contributed by atoms with van der Waals surface area (Å²) >= 11 is 0. The lowest BCUT2D eigenvalue weighted by Gasteiger charge is -2.26. The Hall–Kier alpha value is -0.850. The lowest BCUT2D eigenvalue weighted by Crippen LogP contribution is -2.26. The Morgan fingerprint density at radius 2 is 1.77 bits per heavy atom. The van der Waals surface area contributed by atoms with Crippen molar-refractivity contribution >= 4 is 5.78 Å². The molecular formula is C12H16O. The van der Waals surface area contributed by atoms with Crippen LogP contribution < -0.4 is 0 Å². The minimum Gasteiger partial charge on any atom is -0.300 e. The SMILES string of the molecule is C=C(C)C1C2C=CC(C2)[C@@H]1C(C)=O. The lowest BCUT2D eigenvalue weighted by atomic mass is 9.77. The number of hydrogen-bond acceptors (Lipinski definition) is 1. The van der Waals surface area contributed by atoms with Crippen molar-refractivity contribution in [3.8, 4) is 0 Å². The number of rotatable bonds is 2. The van der Waals surface area contributed by atoms with Crippen LogP contribution in [-0.2, 0) is 4.79 Å². The summed E-state index contributed by atoms with van der Waals surface area (Å²) in [7, 11) is 0. The average Bonchev–Trinajstić information content (AvgIpc) is 2.60. The molecule has 1 fully saturated rings. The standard InChI is InChI=1S/C12H16O/c1-7(2)11-9-4-5-10(6-9)12(11)8(3)13/h4-5,9-12H,1,6H2,2-3H3/t9?,10?,11?,12-/m0/s1. The van der Waals surface area contributed by atoms with Crippen molar-refractivity contribution in [1.29, 1.82) is 0 Å². The van der Waals surface area contributed by atoms with E-state index in [0.717, 1.165) is 0 Å². The molecule has 13 heavy (non-hydrogen) atoms. The Labute approximate surface area is 79.5 Å². The summed E-state index contributed by atoms with van der Waals surface area (Å²) in [5, 5.41) is 0. The molecular weight excluding hydrogens is 160 g/mol. The van der Waals surface area contributed by atoms with Crippen LogP contribution in [-0.4, -0.2) is 5.78 Å². The number of Topliss-reactive ketones (excluding diaryl/α,β-unsaturated/α-hetero) is 1. The van der Waals surface area contributed by atoms with Gasteiger partial charge in [0.1, 0.15) is 5.78 Å². The Morgan fingerprint density at radius 1 is 1.23 bits per heavy atom. The summed E-state index contributed by atoms with van der Waals surface area (Å²) in [6.45, 7) is 7.77. The van der Waals surface area contributed by atoms with Crippen molar-refractivity contribution in [3.63, 3.8) is 0 Å². The summed E-state index contributed by atoms with van der Waals surface area (Å²) in [6.07, 6.45) is 5.65. The van der Waals surface area contributed by atoms with Crippen LogP contribution in [0.1, 0.15) is 20.3 Å². The van der Waals surface area contributed by atoms with Crippen molar-refractivity contribution in [2.45, 2.75) is 20.3 Å². The average molecular weight is 176 g/mol. The Bertz CT molecular complexity index is 259. The molecule has 1 saturated carbocycles. The van der Waals surface area contributed by atoms with E-state index in [1.807, 2.05) is 0 Å². The molecule has 3 unspecified atom stereocenters. The van der Waals surface area contributed by atoms with Crippen molar-refractivity contribution in [2.75, 3.05) is 0 Å². The van der Waals surface area contributed by atoms with Crippen LogP contribution in [0.15, 0.2) is 24.3 Å². The van der Waals surface area contributed by atoms with Gasteiger partial charge in [-0.05, 0) is 38.0 Å². The van der Waals surface area contributed by atoms with Gasteiger partial charge in [0.2, 0.25) is 0 Å². The molecule has 1 nitrogen and oxygen atoms in total. The maximum atomic E-state index is 11.5. The summed E-state index contributed by atoms with van der Waals surface area (Å²) in [5.41, 5.74) is 1.18. The topological polar surface area (TPSA) is 17.1 Å². The third kappa shape index (κ3) is 1.18. The number of hydrogen-bond donors (Lipinski definition) is 0. The van der Waals surface area contributed by atoms with Gasteiger partial charge in [0, 0.05) is 5.92 Å². The molecule has 2 aliphatic rings. The summed E-state index contributed by atoms with van der Waals surface area (Å²) in [6, 6.07) is 0. The number of allylic oxidation sites excluding steroid dienone is 3. The van der Waals surface area contributed by atoms with Gasteiger partial charge in [-0.1, -0.05) is 24.3 Å². The van der Waals surface area contributed by atoms with E-state index in [2.05, 4.69) is 25.7 Å². The molecule has 0 N–H and O–H groups in total. The van der Waals surface area contributed by atoms with Crippen LogP contribution in [0.5, 0.6) is 0 Å². The molecule has 4 atom stereocenters. The fourth-order valence-corrected chi connectivity index (χ4v) is 3.05. The molecule has 2 rings (SSSR count). The van der Waals surface area contributed by atoms with Crippen molar-refractivity contribution in [2.24, 2.45) is 23.7 Å². The largest absolute Gasteiger partial charge is 0.300 e. The molecule has 0 aromatic rings. The van der Waals surface area contributed by atoms with E-state index < -0.39 is 0 Å². The third-order valence-corrected chi connectivity index (χ3v) is 3.50. The van der Waals surface area contributed by atoms with Gasteiger partial charge in [-0.25, -0.2) is 0 Å². The fourth-order valence-electron chi connectivity index (χ4n) is 3.05. The normalized spacial score (nSPS) is 41.1. The van der Waals surface area contributed by atoms with E-state index in [1.54, 1.807) is 6.92 Å². The van der Waals surface area contributed by atoms with E-state index in [1.165, 1.54) is 12.0 Å². The minimum absolute atomic E-state index is 0.229. The third-order valence-electron chi connectivity index (χ3n) is 3.50. The van der Waals surface area contributed by atoms with Gasteiger partial charge in [0.25, 0.3) is 0 Å². The molecule has 0 amide bonds. The maximum absolute atomic E-state index is 11.5. The predicted molar refractivity (Wildman–Crippen MR) is 53.2 cm³/mol. The van der Waals surface area contributed by atoms with Crippen molar-refractivity contribution in [1.82, 2.24) is 0 Å². The van der Waals surface area contributed by atoms with Gasteiger partial charge in [-0.2, -0.15) is 0 Å². The second-order valence-corrected chi connectivity index (χ2v) is 4.46. The molecule has 0 heterocycles. The highest BCUT2D eigenvalue weighted by molar-refractivity contribution is 5.80. The summed E-state index contributed by atoms with van der Waals surface area (Å²) in [5.74, 6) is 2.09. The molecule has 0 radical (unpaired) electrons. The van der Waals surface area contributed by atoms with E-state index in [0.29, 0.717) is 23.5 Å². The van der Waals surface area contributed by atoms with Gasteiger partial charge >= 0.3 is 0 Å². The zero-order chi connectivity index (χ0) is 9.59. The molecule has 2 aliphatic carbocycles. The van der Waals surface area contributed by atoms with E-state index in [9.17, 15) is 4.79 Å². The Balaban J connectivity index is 2.30. The molecule has 0 aromatic carbocycles. The van der Waals surface area contributed by atoms with Crippen LogP contribution >= 0.6 is 0 Å². The highest BCUT2D eigenvalue weighted by atomic mass is 16.1. The van der Waals surface area contributed by atoms with Crippen molar-refractivity contribution in [3.05, 3.63) is 24.3 Å². The molecule has 0 aliphatic heterocycles. The van der Waals surface area contributed by atoms with E-state index in [-0.39, 0.29) is 5.92 Å². The quantitative estimate of drug-likeness (QED) is 0.591. The highest BCUT2D eigenvalue weighted by Gasteiger charge is 2.46. The zero-order valence-corrected chi connectivity index (χ0v) is 8.29. The van der Waals surface area contributed by atoms with Gasteiger partial charge in [-0.3, -0.25) is 4.79 Å². The molecule has 0 saturated heterocycles. The van der Waals surface area contributed by atoms with E-state index in [4.69, 9.17) is 0 Å². The van der Waals surface area contributed by atoms with Gasteiger partial charge in [0.05, 0.1) is 0 Å². The first-order chi connectivity index (χ1) is 6.11. The molecule has 0 spiro atoms. The van der Waals surface area contributed by atoms with Gasteiger partial charge < -0.3 is 0 Å². The molecule has 1 heteroatoms. The maximum Gasteiger partial charge on any atom is 0.134 e. The van der Waals surface area contributed by atoms with Crippen molar-refractivity contribution < 1.29 is 4.79 Å². The smallest absolute Gasteiger partial charge is 0.134 e. The fraction of sp³-hybridized carbons (Fsp3) is 0.583. The van der Waals surface area contributed by atoms with Gasteiger partial charge in [0.15, 0.2) is 0 Å². The second-order valence-electron chi connectivity index (χ2n) is 4.46. The van der Waals surface area contributed by atoms with Crippen LogP contribution in [0.2, 0.25) is 0 Å². The van der Waals surface area contributed by atoms with E-state index >= 15 is 0 Å². The minimum atomic E-state index is 0.229. The first-order valence-electron chi connectivity index (χ1n) is 4.95. The van der Waals surface area contributed by atoms with Crippen LogP contribution in [0.4, 0.5) is 0 Å². The first-order valence-corrected chi connectivity index (χ1v) is 4.95. The van der Waals surface area contributed by atoms with Crippen LogP contribution in [0, 0.1) is 23.7 Å². The number of fused-ring (bicyclic) bond motifs is 2. The number of carbonyl (C=O) groups is 1. The molecule has 70 valence electrons. The predicted octanol–water partition coefficient (Wildman–Crippen LogP) is 2.59. The molecule has 0 aromatic heterocycles. The summed E-state index contributed by atoms with van der Waals surface area (Å²) in [4.78, 5) is 11.5. The number of ketones is 1. The summed E-state index contributed by atoms with van der Waals surface area (Å²) < 4.78 is 0. The number of carbonyl (C=O) groups excluding carboxylic acids is 1. The Morgan fingerprint density at radius 3 is 2.15 bits per heavy atom. The van der Waals surface area contributed by atoms with Gasteiger partial charge in [-0.15, -0.1) is 0 Å².